The number of ether oxygens (including phenoxy) is 1. The number of allylic oxidation sites excluding steroid dienone is 1. The zero-order valence-corrected chi connectivity index (χ0v) is 8.99. The zero-order chi connectivity index (χ0) is 11.6. The largest absolute Gasteiger partial charge is 0.447 e. The number of halogens is 1. The van der Waals surface area contributed by atoms with Crippen molar-refractivity contribution in [3.05, 3.63) is 11.6 Å². The number of carbonyl (C=O) groups excluding carboxylic acids is 2. The molecule has 0 aliphatic carbocycles. The molecule has 0 aromatic heterocycles. The number of nitrogens with zero attached hydrogens (tertiary/aromatic N) is 1. The molecule has 1 aliphatic rings. The molecule has 0 aromatic rings. The lowest BCUT2D eigenvalue weighted by molar-refractivity contribution is -0.133. The van der Waals surface area contributed by atoms with Crippen molar-refractivity contribution in [2.75, 3.05) is 6.61 Å². The van der Waals surface area contributed by atoms with Gasteiger partial charge in [0.1, 0.15) is 6.61 Å². The van der Waals surface area contributed by atoms with Crippen molar-refractivity contribution < 1.29 is 18.7 Å². The van der Waals surface area contributed by atoms with Crippen LogP contribution in [0.3, 0.4) is 0 Å². The van der Waals surface area contributed by atoms with Crippen molar-refractivity contribution in [1.29, 1.82) is 0 Å². The molecule has 0 aromatic carbocycles. The summed E-state index contributed by atoms with van der Waals surface area (Å²) in [7, 11) is 0. The molecule has 1 saturated heterocycles. The van der Waals surface area contributed by atoms with Gasteiger partial charge in [-0.05, 0) is 20.8 Å². The SMILES string of the molecule is C/C=C(\C)[C@@H]1COC(=O)N1C(=O)C(C)F. The molecule has 1 aliphatic heterocycles. The smallest absolute Gasteiger partial charge is 0.417 e. The molecule has 2 amide bonds. The van der Waals surface area contributed by atoms with Crippen LogP contribution >= 0.6 is 0 Å². The third kappa shape index (κ3) is 2.16. The fraction of sp³-hybridized carbons (Fsp3) is 0.600. The molecule has 0 radical (unpaired) electrons. The summed E-state index contributed by atoms with van der Waals surface area (Å²) in [5.41, 5.74) is 0.815. The molecule has 5 heteroatoms. The molecule has 1 fully saturated rings. The Bertz CT molecular complexity index is 312. The van der Waals surface area contributed by atoms with Crippen LogP contribution in [-0.2, 0) is 9.53 Å². The fourth-order valence-corrected chi connectivity index (χ4v) is 1.38. The normalized spacial score (nSPS) is 24.0. The summed E-state index contributed by atoms with van der Waals surface area (Å²) in [5.74, 6) is -0.844. The predicted octanol–water partition coefficient (Wildman–Crippen LogP) is 1.66. The van der Waals surface area contributed by atoms with E-state index in [-0.39, 0.29) is 6.61 Å². The summed E-state index contributed by atoms with van der Waals surface area (Å²) in [4.78, 5) is 23.5. The van der Waals surface area contributed by atoms with Crippen LogP contribution < -0.4 is 0 Å². The average Bonchev–Trinajstić information content (AvgIpc) is 2.57. The van der Waals surface area contributed by atoms with Gasteiger partial charge >= 0.3 is 6.09 Å². The maximum Gasteiger partial charge on any atom is 0.417 e. The van der Waals surface area contributed by atoms with Gasteiger partial charge in [-0.3, -0.25) is 4.79 Å². The first-order chi connectivity index (χ1) is 6.99. The zero-order valence-electron chi connectivity index (χ0n) is 8.99. The first-order valence-electron chi connectivity index (χ1n) is 4.75. The van der Waals surface area contributed by atoms with E-state index >= 15 is 0 Å². The van der Waals surface area contributed by atoms with Gasteiger partial charge in [0, 0.05) is 0 Å². The molecule has 0 spiro atoms. The summed E-state index contributed by atoms with van der Waals surface area (Å²) in [6.45, 7) is 4.78. The Hall–Kier alpha value is -1.39. The maximum atomic E-state index is 12.8. The molecule has 1 heterocycles. The minimum Gasteiger partial charge on any atom is -0.447 e. The van der Waals surface area contributed by atoms with Gasteiger partial charge < -0.3 is 4.74 Å². The van der Waals surface area contributed by atoms with Gasteiger partial charge in [-0.2, -0.15) is 0 Å². The Balaban J connectivity index is 2.92. The molecular formula is C10H14FNO3. The van der Waals surface area contributed by atoms with E-state index in [9.17, 15) is 14.0 Å². The van der Waals surface area contributed by atoms with Crippen LogP contribution in [0.5, 0.6) is 0 Å². The summed E-state index contributed by atoms with van der Waals surface area (Å²) in [6.07, 6.45) is -0.686. The Labute approximate surface area is 87.7 Å². The van der Waals surface area contributed by atoms with Gasteiger partial charge in [0.15, 0.2) is 6.17 Å². The summed E-state index contributed by atoms with van der Waals surface area (Å²) in [6, 6.07) is -0.465. The number of rotatable bonds is 2. The van der Waals surface area contributed by atoms with Gasteiger partial charge in [0.05, 0.1) is 6.04 Å². The van der Waals surface area contributed by atoms with Gasteiger partial charge in [-0.1, -0.05) is 11.6 Å². The molecule has 0 N–H and O–H groups in total. The minimum atomic E-state index is -1.69. The highest BCUT2D eigenvalue weighted by atomic mass is 19.1. The van der Waals surface area contributed by atoms with E-state index in [1.54, 1.807) is 19.9 Å². The van der Waals surface area contributed by atoms with Crippen molar-refractivity contribution in [1.82, 2.24) is 4.90 Å². The quantitative estimate of drug-likeness (QED) is 0.658. The van der Waals surface area contributed by atoms with Crippen LogP contribution in [0.4, 0.5) is 9.18 Å². The van der Waals surface area contributed by atoms with Gasteiger partial charge in [0.25, 0.3) is 5.91 Å². The Morgan fingerprint density at radius 1 is 1.73 bits per heavy atom. The second kappa shape index (κ2) is 4.42. The minimum absolute atomic E-state index is 0.105. The Morgan fingerprint density at radius 2 is 2.33 bits per heavy atom. The third-order valence-electron chi connectivity index (χ3n) is 2.43. The number of alkyl halides is 1. The van der Waals surface area contributed by atoms with Crippen molar-refractivity contribution in [2.45, 2.75) is 33.0 Å². The molecular weight excluding hydrogens is 201 g/mol. The lowest BCUT2D eigenvalue weighted by Gasteiger charge is -2.20. The second-order valence-corrected chi connectivity index (χ2v) is 3.45. The van der Waals surface area contributed by atoms with Gasteiger partial charge in [-0.15, -0.1) is 0 Å². The molecule has 1 rings (SSSR count). The molecule has 84 valence electrons. The number of cyclic esters (lactones) is 1. The molecule has 15 heavy (non-hydrogen) atoms. The summed E-state index contributed by atoms with van der Waals surface area (Å²) in [5, 5.41) is 0. The number of amides is 2. The van der Waals surface area contributed by atoms with E-state index in [0.717, 1.165) is 17.4 Å². The maximum absolute atomic E-state index is 12.8. The van der Waals surface area contributed by atoms with E-state index in [1.165, 1.54) is 0 Å². The highest BCUT2D eigenvalue weighted by Gasteiger charge is 2.40. The first kappa shape index (κ1) is 11.7. The van der Waals surface area contributed by atoms with Crippen LogP contribution in [0.15, 0.2) is 11.6 Å². The second-order valence-electron chi connectivity index (χ2n) is 3.45. The molecule has 4 nitrogen and oxygen atoms in total. The molecule has 1 unspecified atom stereocenters. The lowest BCUT2D eigenvalue weighted by atomic mass is 10.1. The van der Waals surface area contributed by atoms with E-state index in [4.69, 9.17) is 4.74 Å². The summed E-state index contributed by atoms with van der Waals surface area (Å²) < 4.78 is 17.6. The van der Waals surface area contributed by atoms with E-state index < -0.39 is 24.2 Å². The van der Waals surface area contributed by atoms with Crippen LogP contribution in [0, 0.1) is 0 Å². The molecule has 2 atom stereocenters. The topological polar surface area (TPSA) is 46.6 Å². The van der Waals surface area contributed by atoms with Gasteiger partial charge in [-0.25, -0.2) is 14.1 Å². The van der Waals surface area contributed by atoms with Gasteiger partial charge in [0.2, 0.25) is 0 Å². The van der Waals surface area contributed by atoms with Crippen molar-refractivity contribution in [2.24, 2.45) is 0 Å². The van der Waals surface area contributed by atoms with Crippen molar-refractivity contribution in [3.8, 4) is 0 Å². The van der Waals surface area contributed by atoms with Crippen LogP contribution in [0.2, 0.25) is 0 Å². The van der Waals surface area contributed by atoms with Crippen LogP contribution in [0.25, 0.3) is 0 Å². The monoisotopic (exact) mass is 215 g/mol. The van der Waals surface area contributed by atoms with E-state index in [2.05, 4.69) is 0 Å². The highest BCUT2D eigenvalue weighted by Crippen LogP contribution is 2.20. The third-order valence-corrected chi connectivity index (χ3v) is 2.43. The fourth-order valence-electron chi connectivity index (χ4n) is 1.38. The van der Waals surface area contributed by atoms with E-state index in [0.29, 0.717) is 0 Å². The number of imide groups is 1. The lowest BCUT2D eigenvalue weighted by Crippen LogP contribution is -2.43. The highest BCUT2D eigenvalue weighted by molar-refractivity contribution is 5.96. The Morgan fingerprint density at radius 3 is 2.80 bits per heavy atom. The van der Waals surface area contributed by atoms with Crippen molar-refractivity contribution >= 4 is 12.0 Å². The predicted molar refractivity (Wildman–Crippen MR) is 52.0 cm³/mol. The average molecular weight is 215 g/mol. The molecule has 0 bridgehead atoms. The summed E-state index contributed by atoms with van der Waals surface area (Å²) >= 11 is 0. The van der Waals surface area contributed by atoms with Crippen LogP contribution in [-0.4, -0.2) is 35.7 Å². The van der Waals surface area contributed by atoms with E-state index in [1.807, 2.05) is 0 Å². The van der Waals surface area contributed by atoms with Crippen LogP contribution in [0.1, 0.15) is 20.8 Å². The standard InChI is InChI=1S/C10H14FNO3/c1-4-6(2)8-5-15-10(14)12(8)9(13)7(3)11/h4,7-8H,5H2,1-3H3/b6-4+/t7?,8-/m0/s1. The number of hydrogen-bond donors (Lipinski definition) is 0. The Kier molecular flexibility index (Phi) is 3.44. The number of carbonyl (C=O) groups is 2. The number of hydrogen-bond acceptors (Lipinski definition) is 3. The first-order valence-corrected chi connectivity index (χ1v) is 4.75. The van der Waals surface area contributed by atoms with Crippen molar-refractivity contribution in [3.63, 3.8) is 0 Å². The molecule has 0 saturated carbocycles.